The minimum absolute atomic E-state index is 0.388. The molecule has 0 aliphatic rings. The highest BCUT2D eigenvalue weighted by Gasteiger charge is 2.04. The normalized spacial score (nSPS) is 10.9. The fraction of sp³-hybridized carbons (Fsp3) is 0.167. The second kappa shape index (κ2) is 5.80. The molecule has 1 heterocycles. The number of hydrogen-bond acceptors (Lipinski definition) is 4. The molecule has 0 atom stereocenters. The van der Waals surface area contributed by atoms with Crippen LogP contribution in [0.5, 0.6) is 5.75 Å². The molecule has 0 unspecified atom stereocenters. The molecule has 0 bridgehead atoms. The Morgan fingerprint density at radius 1 is 1.35 bits per heavy atom. The van der Waals surface area contributed by atoms with Crippen LogP contribution in [0, 0.1) is 0 Å². The molecule has 1 aromatic carbocycles. The Morgan fingerprint density at radius 2 is 2.18 bits per heavy atom. The predicted octanol–water partition coefficient (Wildman–Crippen LogP) is 3.80. The fourth-order valence-electron chi connectivity index (χ4n) is 1.36. The molecule has 0 saturated carbocycles. The molecule has 17 heavy (non-hydrogen) atoms. The Kier molecular flexibility index (Phi) is 4.12. The second-order valence-electron chi connectivity index (χ2n) is 3.28. The minimum atomic E-state index is 0.388. The molecule has 0 saturated heterocycles. The van der Waals surface area contributed by atoms with Crippen molar-refractivity contribution < 1.29 is 4.74 Å². The van der Waals surface area contributed by atoms with Gasteiger partial charge in [-0.3, -0.25) is 0 Å². The number of allylic oxidation sites excluding steroid dienone is 1. The van der Waals surface area contributed by atoms with E-state index in [0.29, 0.717) is 11.1 Å². The highest BCUT2D eigenvalue weighted by atomic mass is 35.5. The Labute approximate surface area is 109 Å². The Bertz CT molecular complexity index is 525. The zero-order valence-corrected chi connectivity index (χ0v) is 10.8. The summed E-state index contributed by atoms with van der Waals surface area (Å²) in [6.07, 6.45) is 3.98. The highest BCUT2D eigenvalue weighted by molar-refractivity contribution is 7.15. The van der Waals surface area contributed by atoms with E-state index in [1.807, 2.05) is 43.3 Å². The van der Waals surface area contributed by atoms with Crippen LogP contribution in [-0.2, 0) is 6.61 Å². The average molecular weight is 267 g/mol. The number of para-hydroxylation sites is 1. The number of hydrogen-bond donors (Lipinski definition) is 0. The third-order valence-electron chi connectivity index (χ3n) is 2.06. The van der Waals surface area contributed by atoms with Crippen molar-refractivity contribution >= 4 is 29.0 Å². The van der Waals surface area contributed by atoms with Crippen LogP contribution in [0.4, 0.5) is 0 Å². The lowest BCUT2D eigenvalue weighted by atomic mass is 10.2. The molecule has 0 amide bonds. The molecule has 5 heteroatoms. The monoisotopic (exact) mass is 266 g/mol. The molecule has 1 aromatic heterocycles. The van der Waals surface area contributed by atoms with Crippen molar-refractivity contribution in [1.29, 1.82) is 0 Å². The van der Waals surface area contributed by atoms with Crippen LogP contribution >= 0.6 is 22.9 Å². The zero-order valence-electron chi connectivity index (χ0n) is 9.26. The number of halogens is 1. The van der Waals surface area contributed by atoms with E-state index >= 15 is 0 Å². The first kappa shape index (κ1) is 12.1. The third-order valence-corrected chi connectivity index (χ3v) is 3.05. The van der Waals surface area contributed by atoms with Crippen LogP contribution in [-0.4, -0.2) is 10.2 Å². The van der Waals surface area contributed by atoms with Gasteiger partial charge in [0, 0.05) is 5.56 Å². The lowest BCUT2D eigenvalue weighted by Crippen LogP contribution is -1.96. The van der Waals surface area contributed by atoms with E-state index in [1.54, 1.807) is 0 Å². The Morgan fingerprint density at radius 3 is 2.88 bits per heavy atom. The summed E-state index contributed by atoms with van der Waals surface area (Å²) in [5.74, 6) is 0.830. The van der Waals surface area contributed by atoms with E-state index in [9.17, 15) is 0 Å². The molecule has 2 rings (SSSR count). The summed E-state index contributed by atoms with van der Waals surface area (Å²) in [5, 5.41) is 8.40. The molecule has 0 aliphatic carbocycles. The summed E-state index contributed by atoms with van der Waals surface area (Å²) >= 11 is 7.03. The van der Waals surface area contributed by atoms with E-state index < -0.39 is 0 Å². The third kappa shape index (κ3) is 3.28. The molecule has 0 N–H and O–H groups in total. The van der Waals surface area contributed by atoms with Gasteiger partial charge < -0.3 is 4.74 Å². The fourth-order valence-corrected chi connectivity index (χ4v) is 2.14. The van der Waals surface area contributed by atoms with E-state index in [0.717, 1.165) is 16.3 Å². The van der Waals surface area contributed by atoms with Gasteiger partial charge in [-0.1, -0.05) is 41.7 Å². The number of aromatic nitrogens is 2. The summed E-state index contributed by atoms with van der Waals surface area (Å²) in [5.41, 5.74) is 1.05. The van der Waals surface area contributed by atoms with Crippen LogP contribution in [0.2, 0.25) is 4.47 Å². The standard InChI is InChI=1S/C12H11ClN2OS/c1-2-5-9-6-3-4-7-10(9)16-8-11-14-15-12(13)17-11/h2-7H,8H2,1H3/b5-2+. The van der Waals surface area contributed by atoms with Gasteiger partial charge in [0.15, 0.2) is 5.01 Å². The summed E-state index contributed by atoms with van der Waals surface area (Å²) in [6, 6.07) is 7.85. The predicted molar refractivity (Wildman–Crippen MR) is 70.4 cm³/mol. The van der Waals surface area contributed by atoms with Crippen LogP contribution in [0.15, 0.2) is 30.3 Å². The molecule has 3 nitrogen and oxygen atoms in total. The topological polar surface area (TPSA) is 35.0 Å². The van der Waals surface area contributed by atoms with E-state index in [-0.39, 0.29) is 0 Å². The summed E-state index contributed by atoms with van der Waals surface area (Å²) in [4.78, 5) is 0. The van der Waals surface area contributed by atoms with Gasteiger partial charge in [-0.15, -0.1) is 10.2 Å². The molecular formula is C12H11ClN2OS. The number of rotatable bonds is 4. The first-order valence-electron chi connectivity index (χ1n) is 5.12. The van der Waals surface area contributed by atoms with Crippen molar-refractivity contribution in [3.05, 3.63) is 45.4 Å². The number of benzene rings is 1. The summed E-state index contributed by atoms with van der Waals surface area (Å²) in [6.45, 7) is 2.36. The van der Waals surface area contributed by atoms with Crippen LogP contribution in [0.3, 0.4) is 0 Å². The Hall–Kier alpha value is -1.39. The van der Waals surface area contributed by atoms with Crippen LogP contribution < -0.4 is 4.74 Å². The summed E-state index contributed by atoms with van der Waals surface area (Å²) in [7, 11) is 0. The SMILES string of the molecule is C/C=C/c1ccccc1OCc1nnc(Cl)s1. The Balaban J connectivity index is 2.08. The molecule has 88 valence electrons. The van der Waals surface area contributed by atoms with Gasteiger partial charge >= 0.3 is 0 Å². The average Bonchev–Trinajstić information content (AvgIpc) is 2.74. The zero-order chi connectivity index (χ0) is 12.1. The first-order chi connectivity index (χ1) is 8.29. The van der Waals surface area contributed by atoms with Crippen molar-refractivity contribution in [3.8, 4) is 5.75 Å². The van der Waals surface area contributed by atoms with Crippen molar-refractivity contribution in [3.63, 3.8) is 0 Å². The van der Waals surface area contributed by atoms with Gasteiger partial charge in [-0.25, -0.2) is 0 Å². The van der Waals surface area contributed by atoms with E-state index in [4.69, 9.17) is 16.3 Å². The molecule has 0 fully saturated rings. The molecule has 0 radical (unpaired) electrons. The van der Waals surface area contributed by atoms with Gasteiger partial charge in [0.2, 0.25) is 4.47 Å². The van der Waals surface area contributed by atoms with Crippen molar-refractivity contribution in [2.24, 2.45) is 0 Å². The molecule has 0 aliphatic heterocycles. The van der Waals surface area contributed by atoms with Crippen molar-refractivity contribution in [1.82, 2.24) is 10.2 Å². The molecular weight excluding hydrogens is 256 g/mol. The maximum absolute atomic E-state index is 5.70. The van der Waals surface area contributed by atoms with Gasteiger partial charge in [0.1, 0.15) is 12.4 Å². The van der Waals surface area contributed by atoms with Gasteiger partial charge in [-0.05, 0) is 24.6 Å². The molecule has 2 aromatic rings. The number of nitrogens with zero attached hydrogens (tertiary/aromatic N) is 2. The maximum atomic E-state index is 5.70. The minimum Gasteiger partial charge on any atom is -0.486 e. The molecule has 0 spiro atoms. The van der Waals surface area contributed by atoms with Crippen LogP contribution in [0.25, 0.3) is 6.08 Å². The highest BCUT2D eigenvalue weighted by Crippen LogP contribution is 2.22. The van der Waals surface area contributed by atoms with Gasteiger partial charge in [0.05, 0.1) is 0 Å². The largest absolute Gasteiger partial charge is 0.486 e. The van der Waals surface area contributed by atoms with Crippen LogP contribution in [0.1, 0.15) is 17.5 Å². The summed E-state index contributed by atoms with van der Waals surface area (Å²) < 4.78 is 6.12. The van der Waals surface area contributed by atoms with Gasteiger partial charge in [-0.2, -0.15) is 0 Å². The van der Waals surface area contributed by atoms with E-state index in [1.165, 1.54) is 11.3 Å². The van der Waals surface area contributed by atoms with Gasteiger partial charge in [0.25, 0.3) is 0 Å². The maximum Gasteiger partial charge on any atom is 0.207 e. The lowest BCUT2D eigenvalue weighted by molar-refractivity contribution is 0.304. The first-order valence-corrected chi connectivity index (χ1v) is 6.31. The van der Waals surface area contributed by atoms with E-state index in [2.05, 4.69) is 10.2 Å². The number of ether oxygens (including phenoxy) is 1. The van der Waals surface area contributed by atoms with Crippen molar-refractivity contribution in [2.75, 3.05) is 0 Å². The second-order valence-corrected chi connectivity index (χ2v) is 4.92. The lowest BCUT2D eigenvalue weighted by Gasteiger charge is -2.06. The quantitative estimate of drug-likeness (QED) is 0.844. The van der Waals surface area contributed by atoms with Crippen molar-refractivity contribution in [2.45, 2.75) is 13.5 Å². The smallest absolute Gasteiger partial charge is 0.207 e.